The maximum Gasteiger partial charge on any atom is 0.236 e. The number of ketones is 2. The maximum atomic E-state index is 13.7. The second-order valence-corrected chi connectivity index (χ2v) is 11.3. The number of aromatic hydroxyl groups is 2. The lowest BCUT2D eigenvalue weighted by molar-refractivity contribution is -0.123. The van der Waals surface area contributed by atoms with E-state index >= 15 is 0 Å². The number of carbonyl (C=O) groups is 4. The maximum absolute atomic E-state index is 13.7. The number of anilines is 2. The summed E-state index contributed by atoms with van der Waals surface area (Å²) in [5, 5.41) is 32.6. The zero-order valence-corrected chi connectivity index (χ0v) is 24.5. The van der Waals surface area contributed by atoms with Gasteiger partial charge in [-0.3, -0.25) is 19.2 Å². The first-order valence-corrected chi connectivity index (χ1v) is 14.2. The number of rotatable bonds is 14. The third-order valence-corrected chi connectivity index (χ3v) is 6.88. The number of amides is 2. The summed E-state index contributed by atoms with van der Waals surface area (Å²) in [7, 11) is 0. The number of nitrogens with one attached hydrogen (secondary N) is 4. The van der Waals surface area contributed by atoms with Gasteiger partial charge in [-0.25, -0.2) is 0 Å². The van der Waals surface area contributed by atoms with Gasteiger partial charge in [-0.15, -0.1) is 0 Å². The van der Waals surface area contributed by atoms with Gasteiger partial charge in [0, 0.05) is 37.6 Å². The first kappa shape index (κ1) is 32.4. The fourth-order valence-corrected chi connectivity index (χ4v) is 4.92. The van der Waals surface area contributed by atoms with Crippen molar-refractivity contribution in [3.63, 3.8) is 0 Å². The Labute approximate surface area is 245 Å². The molecule has 0 fully saturated rings. The van der Waals surface area contributed by atoms with Gasteiger partial charge in [0.2, 0.25) is 23.4 Å². The summed E-state index contributed by atoms with van der Waals surface area (Å²) in [6.45, 7) is 8.78. The van der Waals surface area contributed by atoms with Crippen LogP contribution >= 0.6 is 0 Å². The largest absolute Gasteiger partial charge is 0.507 e. The third kappa shape index (κ3) is 7.56. The van der Waals surface area contributed by atoms with Crippen LogP contribution in [0, 0.1) is 11.8 Å². The molecule has 3 rings (SSSR count). The van der Waals surface area contributed by atoms with E-state index in [1.165, 1.54) is 0 Å². The van der Waals surface area contributed by atoms with Gasteiger partial charge < -0.3 is 42.9 Å². The van der Waals surface area contributed by atoms with Gasteiger partial charge in [0.1, 0.15) is 11.5 Å². The molecule has 12 heteroatoms. The second kappa shape index (κ2) is 14.1. The fourth-order valence-electron chi connectivity index (χ4n) is 4.92. The Morgan fingerprint density at radius 2 is 1.00 bits per heavy atom. The van der Waals surface area contributed by atoms with Crippen molar-refractivity contribution in [1.29, 1.82) is 0 Å². The van der Waals surface area contributed by atoms with E-state index in [0.717, 1.165) is 12.1 Å². The predicted octanol–water partition coefficient (Wildman–Crippen LogP) is 1.68. The molecule has 2 atom stereocenters. The van der Waals surface area contributed by atoms with E-state index in [2.05, 4.69) is 21.3 Å². The van der Waals surface area contributed by atoms with Crippen LogP contribution in [0.5, 0.6) is 11.5 Å². The van der Waals surface area contributed by atoms with Crippen molar-refractivity contribution in [3.8, 4) is 11.5 Å². The standard InChI is InChI=1S/C30H42N6O6/c1-15(2)13-17(31)29(41)35-11-9-33-19-5-6-20(34-10-12-36-30(42)18(32)14-16(3)4)24-23(19)27(39)25-21(37)7-8-22(38)26(25)28(24)40/h5-8,15-18,33-34,37-38H,9-14,31-32H2,1-4H3,(H,35,41)(H,36,42)/t17-,18-/m1/s1. The molecular weight excluding hydrogens is 540 g/mol. The van der Waals surface area contributed by atoms with Crippen LogP contribution in [0.4, 0.5) is 11.4 Å². The van der Waals surface area contributed by atoms with Crippen LogP contribution in [0.3, 0.4) is 0 Å². The van der Waals surface area contributed by atoms with Crippen molar-refractivity contribution in [3.05, 3.63) is 46.5 Å². The Kier molecular flexibility index (Phi) is 10.9. The molecule has 0 radical (unpaired) electrons. The van der Waals surface area contributed by atoms with Crippen LogP contribution in [-0.2, 0) is 9.59 Å². The number of fused-ring (bicyclic) bond motifs is 2. The van der Waals surface area contributed by atoms with E-state index in [9.17, 15) is 29.4 Å². The van der Waals surface area contributed by atoms with Crippen molar-refractivity contribution in [2.24, 2.45) is 23.3 Å². The minimum absolute atomic E-state index is 0.0178. The minimum atomic E-state index is -0.643. The zero-order valence-electron chi connectivity index (χ0n) is 24.5. The van der Waals surface area contributed by atoms with Crippen LogP contribution in [0.15, 0.2) is 24.3 Å². The summed E-state index contributed by atoms with van der Waals surface area (Å²) < 4.78 is 0. The summed E-state index contributed by atoms with van der Waals surface area (Å²) >= 11 is 0. The monoisotopic (exact) mass is 582 g/mol. The number of nitrogens with two attached hydrogens (primary N) is 2. The molecule has 0 saturated carbocycles. The van der Waals surface area contributed by atoms with Crippen molar-refractivity contribution in [2.75, 3.05) is 36.8 Å². The normalized spacial score (nSPS) is 13.8. The topological polar surface area (TPSA) is 209 Å². The third-order valence-electron chi connectivity index (χ3n) is 6.88. The smallest absolute Gasteiger partial charge is 0.236 e. The molecule has 42 heavy (non-hydrogen) atoms. The highest BCUT2D eigenvalue weighted by Gasteiger charge is 2.38. The average Bonchev–Trinajstić information content (AvgIpc) is 2.92. The summed E-state index contributed by atoms with van der Waals surface area (Å²) in [5.74, 6) is -2.18. The Morgan fingerprint density at radius 1 is 0.643 bits per heavy atom. The van der Waals surface area contributed by atoms with Gasteiger partial charge >= 0.3 is 0 Å². The van der Waals surface area contributed by atoms with Gasteiger partial charge in [0.05, 0.1) is 34.3 Å². The van der Waals surface area contributed by atoms with Crippen molar-refractivity contribution >= 4 is 34.8 Å². The highest BCUT2D eigenvalue weighted by molar-refractivity contribution is 6.33. The molecular formula is C30H42N6O6. The number of hydrogen-bond acceptors (Lipinski definition) is 10. The lowest BCUT2D eigenvalue weighted by Gasteiger charge is -2.25. The van der Waals surface area contributed by atoms with E-state index in [1.807, 2.05) is 27.7 Å². The van der Waals surface area contributed by atoms with E-state index in [1.54, 1.807) is 12.1 Å². The molecule has 0 heterocycles. The Balaban J connectivity index is 1.81. The quantitative estimate of drug-likeness (QED) is 0.102. The molecule has 2 aromatic rings. The molecule has 10 N–H and O–H groups in total. The highest BCUT2D eigenvalue weighted by atomic mass is 16.3. The fraction of sp³-hybridized carbons (Fsp3) is 0.467. The molecule has 0 unspecified atom stereocenters. The van der Waals surface area contributed by atoms with E-state index < -0.39 is 35.1 Å². The number of benzene rings is 2. The Bertz CT molecular complexity index is 1240. The Hall–Kier alpha value is -4.16. The van der Waals surface area contributed by atoms with E-state index in [-0.39, 0.29) is 72.1 Å². The number of phenolic OH excluding ortho intramolecular Hbond substituents is 2. The lowest BCUT2D eigenvalue weighted by Crippen LogP contribution is -2.43. The van der Waals surface area contributed by atoms with Gasteiger partial charge in [-0.1, -0.05) is 27.7 Å². The van der Waals surface area contributed by atoms with Crippen molar-refractivity contribution in [1.82, 2.24) is 10.6 Å². The van der Waals surface area contributed by atoms with Gasteiger partial charge in [0.15, 0.2) is 0 Å². The lowest BCUT2D eigenvalue weighted by atomic mass is 9.81. The van der Waals surface area contributed by atoms with Gasteiger partial charge in [-0.05, 0) is 48.9 Å². The first-order valence-electron chi connectivity index (χ1n) is 14.2. The molecule has 228 valence electrons. The molecule has 2 aromatic carbocycles. The van der Waals surface area contributed by atoms with Gasteiger partial charge in [0.25, 0.3) is 0 Å². The minimum Gasteiger partial charge on any atom is -0.507 e. The summed E-state index contributed by atoms with van der Waals surface area (Å²) in [5.41, 5.74) is 12.0. The zero-order chi connectivity index (χ0) is 31.1. The molecule has 0 aliphatic heterocycles. The number of phenols is 2. The van der Waals surface area contributed by atoms with Crippen LogP contribution in [-0.4, -0.2) is 71.9 Å². The van der Waals surface area contributed by atoms with E-state index in [0.29, 0.717) is 24.2 Å². The van der Waals surface area contributed by atoms with Gasteiger partial charge in [-0.2, -0.15) is 0 Å². The molecule has 12 nitrogen and oxygen atoms in total. The molecule has 1 aliphatic carbocycles. The second-order valence-electron chi connectivity index (χ2n) is 11.3. The first-order chi connectivity index (χ1) is 19.8. The summed E-state index contributed by atoms with van der Waals surface area (Å²) in [6, 6.07) is 4.27. The van der Waals surface area contributed by atoms with Crippen LogP contribution in [0.1, 0.15) is 72.4 Å². The molecule has 2 amide bonds. The number of hydrogen-bond donors (Lipinski definition) is 8. The molecule has 0 spiro atoms. The molecule has 1 aliphatic rings. The van der Waals surface area contributed by atoms with Crippen molar-refractivity contribution < 1.29 is 29.4 Å². The van der Waals surface area contributed by atoms with Crippen LogP contribution < -0.4 is 32.7 Å². The van der Waals surface area contributed by atoms with Crippen LogP contribution in [0.2, 0.25) is 0 Å². The number of carbonyl (C=O) groups excluding carboxylic acids is 4. The average molecular weight is 583 g/mol. The molecule has 0 saturated heterocycles. The molecule has 0 bridgehead atoms. The summed E-state index contributed by atoms with van der Waals surface area (Å²) in [6.07, 6.45) is 1.09. The molecule has 0 aromatic heterocycles. The SMILES string of the molecule is CC(C)C[C@@H](N)C(=O)NCCNc1ccc(NCCNC(=O)[C@H](N)CC(C)C)c2c1C(=O)c1c(O)ccc(O)c1C2=O. The van der Waals surface area contributed by atoms with Crippen LogP contribution in [0.25, 0.3) is 0 Å². The Morgan fingerprint density at radius 3 is 1.33 bits per heavy atom. The van der Waals surface area contributed by atoms with E-state index in [4.69, 9.17) is 11.5 Å². The van der Waals surface area contributed by atoms with Crippen molar-refractivity contribution in [2.45, 2.75) is 52.6 Å². The highest BCUT2D eigenvalue weighted by Crippen LogP contribution is 2.42. The predicted molar refractivity (Wildman–Crippen MR) is 161 cm³/mol. The summed E-state index contributed by atoms with van der Waals surface area (Å²) in [4.78, 5) is 51.9.